The van der Waals surface area contributed by atoms with Gasteiger partial charge < -0.3 is 10.0 Å². The lowest BCUT2D eigenvalue weighted by molar-refractivity contribution is 0.0997. The molecule has 1 heterocycles. The van der Waals surface area contributed by atoms with Gasteiger partial charge in [-0.15, -0.1) is 11.3 Å². The third kappa shape index (κ3) is 2.54. The van der Waals surface area contributed by atoms with E-state index in [1.165, 1.54) is 16.2 Å². The van der Waals surface area contributed by atoms with Gasteiger partial charge in [-0.25, -0.2) is 0 Å². The van der Waals surface area contributed by atoms with Gasteiger partial charge in [0.15, 0.2) is 0 Å². The van der Waals surface area contributed by atoms with Gasteiger partial charge in [0.2, 0.25) is 0 Å². The lowest BCUT2D eigenvalue weighted by atomic mass is 10.2. The van der Waals surface area contributed by atoms with E-state index in [4.69, 9.17) is 0 Å². The van der Waals surface area contributed by atoms with Crippen molar-refractivity contribution in [3.63, 3.8) is 0 Å². The highest BCUT2D eigenvalue weighted by atomic mass is 32.1. The van der Waals surface area contributed by atoms with E-state index in [1.54, 1.807) is 36.2 Å². The highest BCUT2D eigenvalue weighted by Crippen LogP contribution is 2.23. The van der Waals surface area contributed by atoms with Crippen LogP contribution >= 0.6 is 11.3 Å². The van der Waals surface area contributed by atoms with Crippen LogP contribution in [-0.2, 0) is 6.42 Å². The number of aromatic hydroxyl groups is 1. The molecule has 0 radical (unpaired) electrons. The Hall–Kier alpha value is -1.81. The third-order valence-electron chi connectivity index (χ3n) is 2.74. The zero-order valence-electron chi connectivity index (χ0n) is 10.4. The first kappa shape index (κ1) is 12.6. The van der Waals surface area contributed by atoms with Gasteiger partial charge in [0.1, 0.15) is 5.75 Å². The number of aryl methyl sites for hydroxylation is 1. The molecule has 2 aromatic rings. The largest absolute Gasteiger partial charge is 0.508 e. The second-order valence-electron chi connectivity index (χ2n) is 4.00. The Bertz CT molecular complexity index is 562. The Morgan fingerprint density at radius 2 is 2.11 bits per heavy atom. The Balaban J connectivity index is 2.23. The van der Waals surface area contributed by atoms with Gasteiger partial charge in [0, 0.05) is 23.7 Å². The number of phenolic OH excluding ortho intramolecular Hbond substituents is 1. The molecule has 18 heavy (non-hydrogen) atoms. The maximum absolute atomic E-state index is 12.2. The molecule has 1 aromatic carbocycles. The van der Waals surface area contributed by atoms with Crippen LogP contribution in [-0.4, -0.2) is 18.1 Å². The summed E-state index contributed by atoms with van der Waals surface area (Å²) in [7, 11) is 1.71. The van der Waals surface area contributed by atoms with Crippen LogP contribution in [0, 0.1) is 0 Å². The highest BCUT2D eigenvalue weighted by molar-refractivity contribution is 7.14. The Kier molecular flexibility index (Phi) is 3.67. The van der Waals surface area contributed by atoms with Crippen molar-refractivity contribution < 1.29 is 9.90 Å². The van der Waals surface area contributed by atoms with Crippen LogP contribution in [0.25, 0.3) is 0 Å². The fourth-order valence-electron chi connectivity index (χ4n) is 1.67. The number of nitrogens with zero attached hydrogens (tertiary/aromatic N) is 1. The predicted octanol–water partition coefficient (Wildman–Crippen LogP) is 3.29. The number of benzene rings is 1. The first-order valence-corrected chi connectivity index (χ1v) is 6.59. The highest BCUT2D eigenvalue weighted by Gasteiger charge is 2.15. The van der Waals surface area contributed by atoms with Crippen molar-refractivity contribution in [1.82, 2.24) is 0 Å². The predicted molar refractivity (Wildman–Crippen MR) is 74.5 cm³/mol. The Morgan fingerprint density at radius 3 is 2.72 bits per heavy atom. The lowest BCUT2D eigenvalue weighted by Gasteiger charge is -2.16. The average Bonchev–Trinajstić information content (AvgIpc) is 2.85. The zero-order valence-corrected chi connectivity index (χ0v) is 11.2. The second kappa shape index (κ2) is 5.23. The molecule has 2 rings (SSSR count). The lowest BCUT2D eigenvalue weighted by Crippen LogP contribution is -2.25. The van der Waals surface area contributed by atoms with Gasteiger partial charge in [0.25, 0.3) is 5.91 Å². The molecule has 0 unspecified atom stereocenters. The van der Waals surface area contributed by atoms with E-state index in [0.29, 0.717) is 5.69 Å². The van der Waals surface area contributed by atoms with Crippen LogP contribution in [0.4, 0.5) is 5.69 Å². The summed E-state index contributed by atoms with van der Waals surface area (Å²) in [6.07, 6.45) is 0.938. The molecule has 4 heteroatoms. The number of rotatable bonds is 3. The molecule has 0 aliphatic rings. The molecule has 1 amide bonds. The van der Waals surface area contributed by atoms with E-state index in [2.05, 4.69) is 6.92 Å². The number of thiophene rings is 1. The minimum atomic E-state index is -0.0506. The summed E-state index contributed by atoms with van der Waals surface area (Å²) < 4.78 is 0. The Morgan fingerprint density at radius 1 is 1.33 bits per heavy atom. The molecular weight excluding hydrogens is 246 g/mol. The number of anilines is 1. The summed E-state index contributed by atoms with van der Waals surface area (Å²) in [6, 6.07) is 10.5. The first-order valence-electron chi connectivity index (χ1n) is 5.77. The molecule has 1 aromatic heterocycles. The van der Waals surface area contributed by atoms with Crippen molar-refractivity contribution in [2.45, 2.75) is 13.3 Å². The summed E-state index contributed by atoms with van der Waals surface area (Å²) >= 11 is 1.51. The number of carbonyl (C=O) groups is 1. The summed E-state index contributed by atoms with van der Waals surface area (Å²) in [4.78, 5) is 15.7. The molecule has 3 nitrogen and oxygen atoms in total. The molecule has 0 aliphatic heterocycles. The molecule has 94 valence electrons. The molecule has 0 saturated heterocycles. The van der Waals surface area contributed by atoms with Crippen LogP contribution in [0.15, 0.2) is 36.4 Å². The molecular formula is C14H15NO2S. The number of hydrogen-bond donors (Lipinski definition) is 1. The molecule has 0 bridgehead atoms. The maximum Gasteiger partial charge on any atom is 0.268 e. The van der Waals surface area contributed by atoms with Crippen LogP contribution in [0.1, 0.15) is 21.5 Å². The van der Waals surface area contributed by atoms with E-state index in [-0.39, 0.29) is 11.7 Å². The maximum atomic E-state index is 12.2. The topological polar surface area (TPSA) is 40.5 Å². The van der Waals surface area contributed by atoms with Crippen molar-refractivity contribution in [2.24, 2.45) is 0 Å². The quantitative estimate of drug-likeness (QED) is 0.921. The first-order chi connectivity index (χ1) is 8.61. The Labute approximate surface area is 110 Å². The number of carbonyl (C=O) groups excluding carboxylic acids is 1. The van der Waals surface area contributed by atoms with E-state index < -0.39 is 0 Å². The molecule has 0 atom stereocenters. The SMILES string of the molecule is CCc1ccc(C(=O)N(C)c2cccc(O)c2)s1. The van der Waals surface area contributed by atoms with Crippen molar-refractivity contribution in [3.8, 4) is 5.75 Å². The fraction of sp³-hybridized carbons (Fsp3) is 0.214. The standard InChI is InChI=1S/C14H15NO2S/c1-3-12-7-8-13(18-12)14(17)15(2)10-5-4-6-11(16)9-10/h4-9,16H,3H2,1-2H3. The van der Waals surface area contributed by atoms with E-state index in [1.807, 2.05) is 12.1 Å². The number of phenols is 1. The monoisotopic (exact) mass is 261 g/mol. The minimum Gasteiger partial charge on any atom is -0.508 e. The van der Waals surface area contributed by atoms with Gasteiger partial charge in [-0.2, -0.15) is 0 Å². The van der Waals surface area contributed by atoms with Crippen LogP contribution < -0.4 is 4.90 Å². The fourth-order valence-corrected chi connectivity index (χ4v) is 2.59. The number of hydrogen-bond acceptors (Lipinski definition) is 3. The molecule has 0 saturated carbocycles. The van der Waals surface area contributed by atoms with E-state index in [9.17, 15) is 9.90 Å². The van der Waals surface area contributed by atoms with Gasteiger partial charge in [0.05, 0.1) is 4.88 Å². The minimum absolute atomic E-state index is 0.0506. The third-order valence-corrected chi connectivity index (χ3v) is 3.96. The van der Waals surface area contributed by atoms with Gasteiger partial charge in [-0.05, 0) is 30.7 Å². The van der Waals surface area contributed by atoms with E-state index in [0.717, 1.165) is 11.3 Å². The summed E-state index contributed by atoms with van der Waals surface area (Å²) in [6.45, 7) is 2.07. The molecule has 0 fully saturated rings. The van der Waals surface area contributed by atoms with Crippen LogP contribution in [0.2, 0.25) is 0 Å². The second-order valence-corrected chi connectivity index (χ2v) is 5.17. The van der Waals surface area contributed by atoms with Crippen molar-refractivity contribution in [1.29, 1.82) is 0 Å². The van der Waals surface area contributed by atoms with Crippen molar-refractivity contribution in [3.05, 3.63) is 46.2 Å². The molecule has 0 aliphatic carbocycles. The normalized spacial score (nSPS) is 10.3. The number of amides is 1. The molecule has 0 spiro atoms. The summed E-state index contributed by atoms with van der Waals surface area (Å²) in [5.41, 5.74) is 0.687. The van der Waals surface area contributed by atoms with Gasteiger partial charge >= 0.3 is 0 Å². The van der Waals surface area contributed by atoms with E-state index >= 15 is 0 Å². The summed E-state index contributed by atoms with van der Waals surface area (Å²) in [5.74, 6) is 0.109. The molecule has 1 N–H and O–H groups in total. The van der Waals surface area contributed by atoms with Crippen molar-refractivity contribution in [2.75, 3.05) is 11.9 Å². The summed E-state index contributed by atoms with van der Waals surface area (Å²) in [5, 5.41) is 9.42. The van der Waals surface area contributed by atoms with Gasteiger partial charge in [-0.1, -0.05) is 13.0 Å². The zero-order chi connectivity index (χ0) is 13.1. The van der Waals surface area contributed by atoms with Crippen molar-refractivity contribution >= 4 is 22.9 Å². The van der Waals surface area contributed by atoms with Crippen LogP contribution in [0.5, 0.6) is 5.75 Å². The average molecular weight is 261 g/mol. The van der Waals surface area contributed by atoms with Crippen LogP contribution in [0.3, 0.4) is 0 Å². The smallest absolute Gasteiger partial charge is 0.268 e. The van der Waals surface area contributed by atoms with Gasteiger partial charge in [-0.3, -0.25) is 4.79 Å².